The SMILES string of the molecule is COCCNCC(=O)N1CC(=O)NC(=O)C1C. The molecule has 2 N–H and O–H groups in total. The van der Waals surface area contributed by atoms with E-state index in [4.69, 9.17) is 4.74 Å². The van der Waals surface area contributed by atoms with E-state index in [1.807, 2.05) is 0 Å². The summed E-state index contributed by atoms with van der Waals surface area (Å²) in [6, 6.07) is -0.607. The Labute approximate surface area is 99.5 Å². The number of ether oxygens (including phenoxy) is 1. The molecule has 1 aliphatic heterocycles. The number of piperazine rings is 1. The summed E-state index contributed by atoms with van der Waals surface area (Å²) < 4.78 is 4.82. The fourth-order valence-electron chi connectivity index (χ4n) is 1.49. The summed E-state index contributed by atoms with van der Waals surface area (Å²) in [5.41, 5.74) is 0. The van der Waals surface area contributed by atoms with E-state index in [0.29, 0.717) is 13.2 Å². The zero-order valence-electron chi connectivity index (χ0n) is 9.99. The molecule has 1 heterocycles. The Morgan fingerprint density at radius 1 is 1.59 bits per heavy atom. The molecule has 1 atom stereocenters. The first kappa shape index (κ1) is 13.6. The van der Waals surface area contributed by atoms with Crippen LogP contribution in [0.3, 0.4) is 0 Å². The number of carbonyl (C=O) groups is 3. The van der Waals surface area contributed by atoms with Crippen LogP contribution in [0.15, 0.2) is 0 Å². The second kappa shape index (κ2) is 6.31. The summed E-state index contributed by atoms with van der Waals surface area (Å²) in [7, 11) is 1.57. The van der Waals surface area contributed by atoms with Crippen molar-refractivity contribution in [1.82, 2.24) is 15.5 Å². The normalized spacial score (nSPS) is 20.4. The van der Waals surface area contributed by atoms with Crippen molar-refractivity contribution in [3.8, 4) is 0 Å². The lowest BCUT2D eigenvalue weighted by atomic mass is 10.2. The molecular formula is C10H17N3O4. The standard InChI is InChI=1S/C10H17N3O4/c1-7-10(16)12-8(14)6-13(7)9(15)5-11-3-4-17-2/h7,11H,3-6H2,1-2H3,(H,12,14,16). The first-order chi connectivity index (χ1) is 8.06. The van der Waals surface area contributed by atoms with E-state index in [9.17, 15) is 14.4 Å². The third-order valence-corrected chi connectivity index (χ3v) is 2.50. The minimum Gasteiger partial charge on any atom is -0.383 e. The van der Waals surface area contributed by atoms with Crippen LogP contribution >= 0.6 is 0 Å². The van der Waals surface area contributed by atoms with Gasteiger partial charge < -0.3 is 15.0 Å². The summed E-state index contributed by atoms with van der Waals surface area (Å²) >= 11 is 0. The maximum atomic E-state index is 11.8. The smallest absolute Gasteiger partial charge is 0.249 e. The average molecular weight is 243 g/mol. The van der Waals surface area contributed by atoms with Gasteiger partial charge in [0.1, 0.15) is 12.6 Å². The fraction of sp³-hybridized carbons (Fsp3) is 0.700. The molecule has 0 radical (unpaired) electrons. The number of hydrogen-bond donors (Lipinski definition) is 2. The lowest BCUT2D eigenvalue weighted by Gasteiger charge is -2.31. The Balaban J connectivity index is 2.44. The van der Waals surface area contributed by atoms with Crippen LogP contribution in [0.1, 0.15) is 6.92 Å². The van der Waals surface area contributed by atoms with E-state index in [-0.39, 0.29) is 19.0 Å². The quantitative estimate of drug-likeness (QED) is 0.435. The molecular weight excluding hydrogens is 226 g/mol. The molecule has 0 spiro atoms. The van der Waals surface area contributed by atoms with Gasteiger partial charge in [-0.3, -0.25) is 19.7 Å². The molecule has 0 aliphatic carbocycles. The van der Waals surface area contributed by atoms with Gasteiger partial charge in [0.25, 0.3) is 0 Å². The summed E-state index contributed by atoms with van der Waals surface area (Å²) in [4.78, 5) is 35.5. The highest BCUT2D eigenvalue weighted by Gasteiger charge is 2.32. The number of imide groups is 1. The molecule has 1 saturated heterocycles. The lowest BCUT2D eigenvalue weighted by Crippen LogP contribution is -2.59. The van der Waals surface area contributed by atoms with Gasteiger partial charge in [0.05, 0.1) is 13.2 Å². The summed E-state index contributed by atoms with van der Waals surface area (Å²) in [5, 5.41) is 5.05. The van der Waals surface area contributed by atoms with Gasteiger partial charge in [0.2, 0.25) is 17.7 Å². The molecule has 0 aromatic carbocycles. The monoisotopic (exact) mass is 243 g/mol. The average Bonchev–Trinajstić information content (AvgIpc) is 2.29. The van der Waals surface area contributed by atoms with E-state index in [1.165, 1.54) is 4.90 Å². The van der Waals surface area contributed by atoms with Gasteiger partial charge in [-0.2, -0.15) is 0 Å². The molecule has 0 aromatic rings. The van der Waals surface area contributed by atoms with Crippen molar-refractivity contribution in [1.29, 1.82) is 0 Å². The Bertz CT molecular complexity index is 319. The van der Waals surface area contributed by atoms with Gasteiger partial charge >= 0.3 is 0 Å². The number of nitrogens with zero attached hydrogens (tertiary/aromatic N) is 1. The predicted octanol–water partition coefficient (Wildman–Crippen LogP) is -1.90. The van der Waals surface area contributed by atoms with E-state index in [2.05, 4.69) is 10.6 Å². The molecule has 96 valence electrons. The third kappa shape index (κ3) is 3.79. The van der Waals surface area contributed by atoms with Gasteiger partial charge in [-0.05, 0) is 6.92 Å². The van der Waals surface area contributed by atoms with E-state index in [0.717, 1.165) is 0 Å². The maximum absolute atomic E-state index is 11.8. The number of methoxy groups -OCH3 is 1. The number of amides is 3. The third-order valence-electron chi connectivity index (χ3n) is 2.50. The van der Waals surface area contributed by atoms with Crippen molar-refractivity contribution in [3.63, 3.8) is 0 Å². The Morgan fingerprint density at radius 3 is 2.94 bits per heavy atom. The number of rotatable bonds is 5. The van der Waals surface area contributed by atoms with Crippen molar-refractivity contribution in [2.45, 2.75) is 13.0 Å². The Kier molecular flexibility index (Phi) is 5.05. The second-order valence-corrected chi connectivity index (χ2v) is 3.78. The minimum atomic E-state index is -0.607. The molecule has 0 bridgehead atoms. The first-order valence-corrected chi connectivity index (χ1v) is 5.39. The largest absolute Gasteiger partial charge is 0.383 e. The molecule has 1 unspecified atom stereocenters. The fourth-order valence-corrected chi connectivity index (χ4v) is 1.49. The Hall–Kier alpha value is -1.47. The van der Waals surface area contributed by atoms with E-state index >= 15 is 0 Å². The van der Waals surface area contributed by atoms with Gasteiger partial charge in [0.15, 0.2) is 0 Å². The molecule has 0 saturated carbocycles. The first-order valence-electron chi connectivity index (χ1n) is 5.39. The summed E-state index contributed by atoms with van der Waals surface area (Å²) in [5.74, 6) is -1.15. The lowest BCUT2D eigenvalue weighted by molar-refractivity contribution is -0.148. The predicted molar refractivity (Wildman–Crippen MR) is 59.1 cm³/mol. The van der Waals surface area contributed by atoms with Crippen molar-refractivity contribution in [2.75, 3.05) is 33.4 Å². The minimum absolute atomic E-state index is 0.0717. The van der Waals surface area contributed by atoms with Crippen molar-refractivity contribution in [2.24, 2.45) is 0 Å². The topological polar surface area (TPSA) is 87.7 Å². The molecule has 7 heteroatoms. The summed E-state index contributed by atoms with van der Waals surface area (Å²) in [6.45, 7) is 2.66. The second-order valence-electron chi connectivity index (χ2n) is 3.78. The van der Waals surface area contributed by atoms with Gasteiger partial charge in [-0.1, -0.05) is 0 Å². The highest BCUT2D eigenvalue weighted by molar-refractivity contribution is 6.04. The molecule has 17 heavy (non-hydrogen) atoms. The van der Waals surface area contributed by atoms with Crippen LogP contribution in [-0.4, -0.2) is 62.0 Å². The van der Waals surface area contributed by atoms with Crippen molar-refractivity contribution < 1.29 is 19.1 Å². The zero-order valence-corrected chi connectivity index (χ0v) is 9.99. The van der Waals surface area contributed by atoms with Crippen LogP contribution < -0.4 is 10.6 Å². The van der Waals surface area contributed by atoms with Crippen LogP contribution in [0.2, 0.25) is 0 Å². The molecule has 3 amide bonds. The van der Waals surface area contributed by atoms with Gasteiger partial charge in [0, 0.05) is 13.7 Å². The molecule has 1 rings (SSSR count). The zero-order chi connectivity index (χ0) is 12.8. The molecule has 7 nitrogen and oxygen atoms in total. The van der Waals surface area contributed by atoms with Crippen LogP contribution in [0.5, 0.6) is 0 Å². The van der Waals surface area contributed by atoms with Gasteiger partial charge in [-0.25, -0.2) is 0 Å². The van der Waals surface area contributed by atoms with Crippen molar-refractivity contribution >= 4 is 17.7 Å². The number of carbonyl (C=O) groups excluding carboxylic acids is 3. The molecule has 0 aromatic heterocycles. The number of hydrogen-bond acceptors (Lipinski definition) is 5. The molecule has 1 fully saturated rings. The maximum Gasteiger partial charge on any atom is 0.249 e. The van der Waals surface area contributed by atoms with Gasteiger partial charge in [-0.15, -0.1) is 0 Å². The Morgan fingerprint density at radius 2 is 2.29 bits per heavy atom. The van der Waals surface area contributed by atoms with Crippen LogP contribution in [0, 0.1) is 0 Å². The summed E-state index contributed by atoms with van der Waals surface area (Å²) in [6.07, 6.45) is 0. The van der Waals surface area contributed by atoms with E-state index < -0.39 is 17.9 Å². The van der Waals surface area contributed by atoms with Crippen LogP contribution in [-0.2, 0) is 19.1 Å². The van der Waals surface area contributed by atoms with Crippen LogP contribution in [0.4, 0.5) is 0 Å². The highest BCUT2D eigenvalue weighted by atomic mass is 16.5. The van der Waals surface area contributed by atoms with E-state index in [1.54, 1.807) is 14.0 Å². The highest BCUT2D eigenvalue weighted by Crippen LogP contribution is 2.04. The number of nitrogens with one attached hydrogen (secondary N) is 2. The van der Waals surface area contributed by atoms with Crippen molar-refractivity contribution in [3.05, 3.63) is 0 Å². The molecule has 1 aliphatic rings. The van der Waals surface area contributed by atoms with Crippen LogP contribution in [0.25, 0.3) is 0 Å².